The summed E-state index contributed by atoms with van der Waals surface area (Å²) >= 11 is 3.42. The monoisotopic (exact) mass is 311 g/mol. The zero-order valence-corrected chi connectivity index (χ0v) is 11.8. The van der Waals surface area contributed by atoms with Gasteiger partial charge in [0.25, 0.3) is 0 Å². The average Bonchev–Trinajstić information content (AvgIpc) is 2.38. The number of carbonyl (C=O) groups is 1. The van der Waals surface area contributed by atoms with Gasteiger partial charge in [-0.3, -0.25) is 0 Å². The van der Waals surface area contributed by atoms with Gasteiger partial charge in [0.1, 0.15) is 0 Å². The van der Waals surface area contributed by atoms with Crippen molar-refractivity contribution >= 4 is 22.0 Å². The Morgan fingerprint density at radius 1 is 1.33 bits per heavy atom. The van der Waals surface area contributed by atoms with Crippen molar-refractivity contribution in [1.82, 2.24) is 10.2 Å². The number of piperidine rings is 1. The minimum atomic E-state index is -0.304. The summed E-state index contributed by atoms with van der Waals surface area (Å²) in [4.78, 5) is 12.7. The lowest BCUT2D eigenvalue weighted by Crippen LogP contribution is -2.46. The van der Waals surface area contributed by atoms with Crippen LogP contribution in [0.3, 0.4) is 0 Å². The van der Waals surface area contributed by atoms with Crippen molar-refractivity contribution in [2.75, 3.05) is 13.1 Å². The van der Waals surface area contributed by atoms with E-state index in [4.69, 9.17) is 5.73 Å². The number of urea groups is 1. The molecule has 0 spiro atoms. The van der Waals surface area contributed by atoms with Crippen LogP contribution in [0, 0.1) is 0 Å². The molecule has 1 aliphatic heterocycles. The Hall–Kier alpha value is -1.07. The lowest BCUT2D eigenvalue weighted by atomic mass is 10.0. The summed E-state index contributed by atoms with van der Waals surface area (Å²) in [6.07, 6.45) is 1.94. The molecule has 0 saturated carbocycles. The maximum atomic E-state index is 11.0. The second kappa shape index (κ2) is 6.20. The molecule has 0 aromatic heterocycles. The van der Waals surface area contributed by atoms with Crippen LogP contribution in [0.2, 0.25) is 0 Å². The number of hydrogen-bond acceptors (Lipinski definition) is 2. The molecule has 1 saturated heterocycles. The minimum Gasteiger partial charge on any atom is -0.351 e. The second-order valence-electron chi connectivity index (χ2n) is 4.61. The zero-order chi connectivity index (χ0) is 13.0. The molecular formula is C13H18BrN3O. The molecular weight excluding hydrogens is 294 g/mol. The summed E-state index contributed by atoms with van der Waals surface area (Å²) in [6, 6.07) is 8.48. The number of amides is 2. The Labute approximate surface area is 116 Å². The third-order valence-corrected chi connectivity index (χ3v) is 3.84. The molecule has 2 amide bonds. The molecule has 4 nitrogen and oxygen atoms in total. The molecule has 3 N–H and O–H groups in total. The smallest absolute Gasteiger partial charge is 0.314 e. The molecule has 0 radical (unpaired) electrons. The molecule has 98 valence electrons. The fourth-order valence-corrected chi connectivity index (χ4v) is 2.43. The third kappa shape index (κ3) is 3.71. The normalized spacial score (nSPS) is 16.8. The van der Waals surface area contributed by atoms with Gasteiger partial charge in [-0.25, -0.2) is 4.79 Å². The van der Waals surface area contributed by atoms with E-state index in [1.54, 1.807) is 4.90 Å². The molecule has 0 unspecified atom stereocenters. The van der Waals surface area contributed by atoms with Crippen LogP contribution in [0.1, 0.15) is 18.4 Å². The van der Waals surface area contributed by atoms with Crippen LogP contribution in [0.5, 0.6) is 0 Å². The van der Waals surface area contributed by atoms with E-state index in [0.717, 1.165) is 36.9 Å². The van der Waals surface area contributed by atoms with Crippen LogP contribution in [0.25, 0.3) is 0 Å². The number of nitrogens with zero attached hydrogens (tertiary/aromatic N) is 1. The Kier molecular flexibility index (Phi) is 4.60. The first-order chi connectivity index (χ1) is 8.65. The molecule has 0 atom stereocenters. The quantitative estimate of drug-likeness (QED) is 0.898. The van der Waals surface area contributed by atoms with Crippen LogP contribution in [-0.4, -0.2) is 30.1 Å². The van der Waals surface area contributed by atoms with Crippen LogP contribution >= 0.6 is 15.9 Å². The summed E-state index contributed by atoms with van der Waals surface area (Å²) < 4.78 is 1.10. The van der Waals surface area contributed by atoms with E-state index in [1.165, 1.54) is 5.56 Å². The Balaban J connectivity index is 1.75. The number of likely N-dealkylation sites (tertiary alicyclic amines) is 1. The molecule has 1 fully saturated rings. The van der Waals surface area contributed by atoms with Gasteiger partial charge in [0.05, 0.1) is 0 Å². The van der Waals surface area contributed by atoms with E-state index in [2.05, 4.69) is 33.4 Å². The van der Waals surface area contributed by atoms with Gasteiger partial charge >= 0.3 is 6.03 Å². The Bertz CT molecular complexity index is 399. The molecule has 0 bridgehead atoms. The number of halogens is 1. The highest BCUT2D eigenvalue weighted by molar-refractivity contribution is 9.10. The van der Waals surface area contributed by atoms with Crippen LogP contribution < -0.4 is 11.1 Å². The highest BCUT2D eigenvalue weighted by Crippen LogP contribution is 2.13. The fourth-order valence-electron chi connectivity index (χ4n) is 2.17. The van der Waals surface area contributed by atoms with Gasteiger partial charge in [0, 0.05) is 30.1 Å². The first kappa shape index (κ1) is 13.4. The van der Waals surface area contributed by atoms with Gasteiger partial charge in [0.15, 0.2) is 0 Å². The summed E-state index contributed by atoms with van der Waals surface area (Å²) in [5.41, 5.74) is 6.53. The number of hydrogen-bond donors (Lipinski definition) is 2. The molecule has 18 heavy (non-hydrogen) atoms. The van der Waals surface area contributed by atoms with Crippen molar-refractivity contribution in [3.05, 3.63) is 34.3 Å². The van der Waals surface area contributed by atoms with Gasteiger partial charge in [0.2, 0.25) is 0 Å². The van der Waals surface area contributed by atoms with Gasteiger partial charge in [-0.2, -0.15) is 0 Å². The molecule has 1 aliphatic rings. The Morgan fingerprint density at radius 3 is 2.50 bits per heavy atom. The van der Waals surface area contributed by atoms with Crippen molar-refractivity contribution in [2.45, 2.75) is 25.4 Å². The largest absolute Gasteiger partial charge is 0.351 e. The minimum absolute atomic E-state index is 0.304. The van der Waals surface area contributed by atoms with Crippen molar-refractivity contribution in [2.24, 2.45) is 5.73 Å². The van der Waals surface area contributed by atoms with E-state index in [0.29, 0.717) is 6.04 Å². The van der Waals surface area contributed by atoms with Crippen molar-refractivity contribution in [3.63, 3.8) is 0 Å². The highest BCUT2D eigenvalue weighted by atomic mass is 79.9. The van der Waals surface area contributed by atoms with Gasteiger partial charge in [-0.05, 0) is 30.5 Å². The van der Waals surface area contributed by atoms with Crippen molar-refractivity contribution in [3.8, 4) is 0 Å². The number of nitrogens with one attached hydrogen (secondary N) is 1. The van der Waals surface area contributed by atoms with Gasteiger partial charge < -0.3 is 16.0 Å². The average molecular weight is 312 g/mol. The van der Waals surface area contributed by atoms with E-state index in [9.17, 15) is 4.79 Å². The predicted octanol–water partition coefficient (Wildman–Crippen LogP) is 2.08. The van der Waals surface area contributed by atoms with Crippen molar-refractivity contribution in [1.29, 1.82) is 0 Å². The first-order valence-corrected chi connectivity index (χ1v) is 6.96. The van der Waals surface area contributed by atoms with Gasteiger partial charge in [-0.1, -0.05) is 28.1 Å². The summed E-state index contributed by atoms with van der Waals surface area (Å²) in [7, 11) is 0. The number of primary amides is 1. The Morgan fingerprint density at radius 2 is 1.94 bits per heavy atom. The number of benzene rings is 1. The standard InChI is InChI=1S/C13H18BrN3O/c14-11-3-1-10(2-4-11)9-16-12-5-7-17(8-6-12)13(15)18/h1-4,12,16H,5-9H2,(H2,15,18). The lowest BCUT2D eigenvalue weighted by Gasteiger charge is -2.31. The highest BCUT2D eigenvalue weighted by Gasteiger charge is 2.20. The molecule has 1 aromatic carbocycles. The molecule has 2 rings (SSSR count). The van der Waals surface area contributed by atoms with Crippen LogP contribution in [-0.2, 0) is 6.54 Å². The van der Waals surface area contributed by atoms with Crippen LogP contribution in [0.4, 0.5) is 4.79 Å². The summed E-state index contributed by atoms with van der Waals surface area (Å²) in [6.45, 7) is 2.38. The number of rotatable bonds is 3. The second-order valence-corrected chi connectivity index (χ2v) is 5.52. The number of nitrogens with two attached hydrogens (primary N) is 1. The summed E-state index contributed by atoms with van der Waals surface area (Å²) in [5.74, 6) is 0. The lowest BCUT2D eigenvalue weighted by molar-refractivity contribution is 0.185. The topological polar surface area (TPSA) is 58.4 Å². The first-order valence-electron chi connectivity index (χ1n) is 6.17. The molecule has 0 aliphatic carbocycles. The maximum Gasteiger partial charge on any atom is 0.314 e. The number of carbonyl (C=O) groups excluding carboxylic acids is 1. The fraction of sp³-hybridized carbons (Fsp3) is 0.462. The molecule has 5 heteroatoms. The zero-order valence-electron chi connectivity index (χ0n) is 10.2. The van der Waals surface area contributed by atoms with Crippen molar-refractivity contribution < 1.29 is 4.79 Å². The van der Waals surface area contributed by atoms with E-state index in [1.807, 2.05) is 12.1 Å². The summed E-state index contributed by atoms with van der Waals surface area (Å²) in [5, 5.41) is 3.52. The molecule has 1 aromatic rings. The van der Waals surface area contributed by atoms with Crippen LogP contribution in [0.15, 0.2) is 28.7 Å². The van der Waals surface area contributed by atoms with E-state index >= 15 is 0 Å². The SMILES string of the molecule is NC(=O)N1CCC(NCc2ccc(Br)cc2)CC1. The van der Waals surface area contributed by atoms with E-state index < -0.39 is 0 Å². The molecule has 1 heterocycles. The van der Waals surface area contributed by atoms with Gasteiger partial charge in [-0.15, -0.1) is 0 Å². The third-order valence-electron chi connectivity index (χ3n) is 3.31. The van der Waals surface area contributed by atoms with E-state index in [-0.39, 0.29) is 6.03 Å². The maximum absolute atomic E-state index is 11.0. The predicted molar refractivity (Wildman–Crippen MR) is 75.2 cm³/mol.